The van der Waals surface area contributed by atoms with Crippen LogP contribution < -0.4 is 14.8 Å². The number of aliphatic carboxylic acids is 1. The van der Waals surface area contributed by atoms with E-state index in [1.807, 2.05) is 19.1 Å². The summed E-state index contributed by atoms with van der Waals surface area (Å²) in [5.74, 6) is -0.732. The summed E-state index contributed by atoms with van der Waals surface area (Å²) in [4.78, 5) is 23.9. The number of benzene rings is 1. The molecule has 0 saturated heterocycles. The molecule has 1 amide bonds. The van der Waals surface area contributed by atoms with E-state index in [1.165, 1.54) is 0 Å². The molecular weight excluding hydrogens is 322 g/mol. The van der Waals surface area contributed by atoms with Crippen molar-refractivity contribution in [2.24, 2.45) is 11.8 Å². The second kappa shape index (κ2) is 9.30. The van der Waals surface area contributed by atoms with Crippen LogP contribution in [0.25, 0.3) is 0 Å². The summed E-state index contributed by atoms with van der Waals surface area (Å²) in [6, 6.07) is 5.48. The third kappa shape index (κ3) is 5.11. The van der Waals surface area contributed by atoms with Crippen molar-refractivity contribution in [3.8, 4) is 11.5 Å². The quantitative estimate of drug-likeness (QED) is 0.754. The van der Waals surface area contributed by atoms with Crippen LogP contribution in [0.3, 0.4) is 0 Å². The molecule has 1 aromatic rings. The van der Waals surface area contributed by atoms with E-state index in [4.69, 9.17) is 9.47 Å². The van der Waals surface area contributed by atoms with E-state index in [0.29, 0.717) is 37.5 Å². The fraction of sp³-hybridized carbons (Fsp3) is 0.579. The second-order valence-electron chi connectivity index (χ2n) is 6.38. The lowest BCUT2D eigenvalue weighted by Gasteiger charge is -2.27. The normalized spacial score (nSPS) is 19.9. The molecule has 0 heterocycles. The Morgan fingerprint density at radius 1 is 1.24 bits per heavy atom. The fourth-order valence-corrected chi connectivity index (χ4v) is 3.21. The number of carboxylic acids is 1. The third-order valence-electron chi connectivity index (χ3n) is 4.61. The molecular formula is C19H27NO5. The lowest BCUT2D eigenvalue weighted by molar-refractivity contribution is -0.148. The molecule has 6 heteroatoms. The van der Waals surface area contributed by atoms with Gasteiger partial charge in [-0.2, -0.15) is 0 Å². The van der Waals surface area contributed by atoms with Gasteiger partial charge in [-0.05, 0) is 31.4 Å². The van der Waals surface area contributed by atoms with Crippen LogP contribution in [0.1, 0.15) is 44.6 Å². The smallest absolute Gasteiger partial charge is 0.307 e. The number of carbonyl (C=O) groups is 2. The number of rotatable bonds is 8. The third-order valence-corrected chi connectivity index (χ3v) is 4.61. The van der Waals surface area contributed by atoms with Crippen molar-refractivity contribution >= 4 is 11.9 Å². The first-order valence-electron chi connectivity index (χ1n) is 8.87. The monoisotopic (exact) mass is 349 g/mol. The average molecular weight is 349 g/mol. The zero-order valence-electron chi connectivity index (χ0n) is 14.9. The van der Waals surface area contributed by atoms with Crippen molar-refractivity contribution in [1.82, 2.24) is 5.32 Å². The highest BCUT2D eigenvalue weighted by molar-refractivity contribution is 5.84. The molecule has 2 atom stereocenters. The Hall–Kier alpha value is -2.24. The van der Waals surface area contributed by atoms with Crippen LogP contribution >= 0.6 is 0 Å². The average Bonchev–Trinajstić information content (AvgIpc) is 2.64. The topological polar surface area (TPSA) is 84.9 Å². The zero-order chi connectivity index (χ0) is 18.2. The van der Waals surface area contributed by atoms with Gasteiger partial charge in [-0.3, -0.25) is 9.59 Å². The number of nitrogens with one attached hydrogen (secondary N) is 1. The van der Waals surface area contributed by atoms with Crippen molar-refractivity contribution in [2.75, 3.05) is 13.7 Å². The van der Waals surface area contributed by atoms with Gasteiger partial charge in [0.1, 0.15) is 11.5 Å². The van der Waals surface area contributed by atoms with Gasteiger partial charge >= 0.3 is 5.97 Å². The number of carbonyl (C=O) groups excluding carboxylic acids is 1. The highest BCUT2D eigenvalue weighted by Gasteiger charge is 2.35. The van der Waals surface area contributed by atoms with Crippen molar-refractivity contribution in [3.63, 3.8) is 0 Å². The molecule has 2 rings (SSSR count). The lowest BCUT2D eigenvalue weighted by atomic mass is 9.78. The Kier molecular flexibility index (Phi) is 7.10. The van der Waals surface area contributed by atoms with Crippen LogP contribution in [-0.2, 0) is 16.1 Å². The molecule has 0 radical (unpaired) electrons. The minimum atomic E-state index is -0.878. The molecule has 2 N–H and O–H groups in total. The highest BCUT2D eigenvalue weighted by Crippen LogP contribution is 2.31. The summed E-state index contributed by atoms with van der Waals surface area (Å²) < 4.78 is 11.0. The van der Waals surface area contributed by atoms with Crippen molar-refractivity contribution in [3.05, 3.63) is 23.8 Å². The first-order valence-corrected chi connectivity index (χ1v) is 8.87. The Labute approximate surface area is 148 Å². The Bertz CT molecular complexity index is 601. The predicted molar refractivity (Wildman–Crippen MR) is 93.7 cm³/mol. The van der Waals surface area contributed by atoms with Crippen molar-refractivity contribution in [1.29, 1.82) is 0 Å². The van der Waals surface area contributed by atoms with E-state index in [-0.39, 0.29) is 5.91 Å². The largest absolute Gasteiger partial charge is 0.497 e. The first kappa shape index (κ1) is 19.1. The minimum absolute atomic E-state index is 0.190. The van der Waals surface area contributed by atoms with Crippen LogP contribution in [0.5, 0.6) is 11.5 Å². The summed E-state index contributed by atoms with van der Waals surface area (Å²) in [7, 11) is 1.59. The fourth-order valence-electron chi connectivity index (χ4n) is 3.21. The number of carboxylic acid groups (broad SMARTS) is 1. The summed E-state index contributed by atoms with van der Waals surface area (Å²) in [6.07, 6.45) is 3.85. The van der Waals surface area contributed by atoms with Gasteiger partial charge in [-0.15, -0.1) is 0 Å². The Balaban J connectivity index is 2.04. The second-order valence-corrected chi connectivity index (χ2v) is 6.38. The molecule has 0 aromatic heterocycles. The molecule has 2 unspecified atom stereocenters. The number of amides is 1. The molecule has 1 saturated carbocycles. The summed E-state index contributed by atoms with van der Waals surface area (Å²) in [5, 5.41) is 12.2. The maximum atomic E-state index is 12.5. The van der Waals surface area contributed by atoms with Gasteiger partial charge < -0.3 is 19.9 Å². The number of ether oxygens (including phenoxy) is 2. The minimum Gasteiger partial charge on any atom is -0.497 e. The standard InChI is InChI=1S/C19H27NO5/c1-3-10-25-17-11-14(24-2)9-8-13(17)12-20-18(21)15-6-4-5-7-16(15)19(22)23/h8-9,11,15-16H,3-7,10,12H2,1-2H3,(H,20,21)(H,22,23). The van der Waals surface area contributed by atoms with Crippen LogP contribution in [-0.4, -0.2) is 30.7 Å². The van der Waals surface area contributed by atoms with Crippen LogP contribution in [0.15, 0.2) is 18.2 Å². The Morgan fingerprint density at radius 2 is 1.96 bits per heavy atom. The zero-order valence-corrected chi connectivity index (χ0v) is 14.9. The molecule has 138 valence electrons. The molecule has 6 nitrogen and oxygen atoms in total. The molecule has 1 aliphatic rings. The molecule has 25 heavy (non-hydrogen) atoms. The SMILES string of the molecule is CCCOc1cc(OC)ccc1CNC(=O)C1CCCCC1C(=O)O. The Morgan fingerprint density at radius 3 is 2.60 bits per heavy atom. The van der Waals surface area contributed by atoms with E-state index >= 15 is 0 Å². The van der Waals surface area contributed by atoms with E-state index in [0.717, 1.165) is 24.8 Å². The molecule has 1 aromatic carbocycles. The molecule has 0 aliphatic heterocycles. The first-order chi connectivity index (χ1) is 12.1. The van der Waals surface area contributed by atoms with Crippen molar-refractivity contribution < 1.29 is 24.2 Å². The molecule has 0 bridgehead atoms. The van der Waals surface area contributed by atoms with E-state index in [1.54, 1.807) is 13.2 Å². The summed E-state index contributed by atoms with van der Waals surface area (Å²) in [5.41, 5.74) is 0.852. The maximum Gasteiger partial charge on any atom is 0.307 e. The van der Waals surface area contributed by atoms with Crippen LogP contribution in [0.4, 0.5) is 0 Å². The predicted octanol–water partition coefficient (Wildman–Crippen LogP) is 2.99. The highest BCUT2D eigenvalue weighted by atomic mass is 16.5. The van der Waals surface area contributed by atoms with E-state index in [2.05, 4.69) is 5.32 Å². The van der Waals surface area contributed by atoms with Crippen molar-refractivity contribution in [2.45, 2.75) is 45.6 Å². The molecule has 1 fully saturated rings. The van der Waals surface area contributed by atoms with Gasteiger partial charge in [0, 0.05) is 18.2 Å². The number of hydrogen-bond donors (Lipinski definition) is 2. The van der Waals surface area contributed by atoms with E-state index < -0.39 is 17.8 Å². The number of methoxy groups -OCH3 is 1. The van der Waals surface area contributed by atoms with E-state index in [9.17, 15) is 14.7 Å². The molecule has 0 spiro atoms. The van der Waals surface area contributed by atoms with Crippen LogP contribution in [0, 0.1) is 11.8 Å². The summed E-state index contributed by atoms with van der Waals surface area (Å²) in [6.45, 7) is 2.92. The maximum absolute atomic E-state index is 12.5. The lowest BCUT2D eigenvalue weighted by Crippen LogP contribution is -2.39. The summed E-state index contributed by atoms with van der Waals surface area (Å²) >= 11 is 0. The van der Waals surface area contributed by atoms with Gasteiger partial charge in [-0.1, -0.05) is 19.8 Å². The van der Waals surface area contributed by atoms with Gasteiger partial charge in [0.15, 0.2) is 0 Å². The van der Waals surface area contributed by atoms with Gasteiger partial charge in [0.25, 0.3) is 0 Å². The number of hydrogen-bond acceptors (Lipinski definition) is 4. The van der Waals surface area contributed by atoms with Gasteiger partial charge in [0.05, 0.1) is 25.6 Å². The van der Waals surface area contributed by atoms with Crippen LogP contribution in [0.2, 0.25) is 0 Å². The van der Waals surface area contributed by atoms with Gasteiger partial charge in [-0.25, -0.2) is 0 Å². The molecule has 1 aliphatic carbocycles. The van der Waals surface area contributed by atoms with Gasteiger partial charge in [0.2, 0.25) is 5.91 Å².